The molecule has 1 aromatic heterocycles. The second-order valence-corrected chi connectivity index (χ2v) is 6.86. The lowest BCUT2D eigenvalue weighted by atomic mass is 9.99. The van der Waals surface area contributed by atoms with Crippen LogP contribution in [0.1, 0.15) is 19.4 Å². The van der Waals surface area contributed by atoms with Gasteiger partial charge in [-0.05, 0) is 48.4 Å². The summed E-state index contributed by atoms with van der Waals surface area (Å²) >= 11 is 0. The highest BCUT2D eigenvalue weighted by Gasteiger charge is 2.35. The highest BCUT2D eigenvalue weighted by molar-refractivity contribution is 5.91. The van der Waals surface area contributed by atoms with E-state index in [0.717, 1.165) is 23.1 Å². The SMILES string of the molecule is CCN(CC(F)(F)Cc1c(-c2ccc(F)cc2)[nH]c2c(F)cc(F)cc12)C(C)=O. The van der Waals surface area contributed by atoms with Crippen molar-refractivity contribution in [1.82, 2.24) is 9.88 Å². The Labute approximate surface area is 164 Å². The molecule has 1 N–H and O–H groups in total. The first kappa shape index (κ1) is 20.8. The van der Waals surface area contributed by atoms with Gasteiger partial charge in [-0.3, -0.25) is 4.79 Å². The molecule has 0 unspecified atom stereocenters. The molecule has 0 spiro atoms. The van der Waals surface area contributed by atoms with E-state index in [1.807, 2.05) is 0 Å². The van der Waals surface area contributed by atoms with Gasteiger partial charge < -0.3 is 9.88 Å². The van der Waals surface area contributed by atoms with Crippen molar-refractivity contribution in [1.29, 1.82) is 0 Å². The van der Waals surface area contributed by atoms with Crippen LogP contribution in [0.15, 0.2) is 36.4 Å². The van der Waals surface area contributed by atoms with Crippen LogP contribution in [0, 0.1) is 17.5 Å². The van der Waals surface area contributed by atoms with Gasteiger partial charge in [-0.15, -0.1) is 0 Å². The van der Waals surface area contributed by atoms with E-state index >= 15 is 0 Å². The predicted molar refractivity (Wildman–Crippen MR) is 100 cm³/mol. The minimum atomic E-state index is -3.35. The fourth-order valence-corrected chi connectivity index (χ4v) is 3.36. The number of carbonyl (C=O) groups excluding carboxylic acids is 1. The van der Waals surface area contributed by atoms with Crippen molar-refractivity contribution in [3.05, 3.63) is 59.4 Å². The highest BCUT2D eigenvalue weighted by Crippen LogP contribution is 2.36. The van der Waals surface area contributed by atoms with Gasteiger partial charge in [0.15, 0.2) is 0 Å². The topological polar surface area (TPSA) is 36.1 Å². The molecule has 0 aliphatic heterocycles. The van der Waals surface area contributed by atoms with Crippen molar-refractivity contribution in [3.8, 4) is 11.3 Å². The lowest BCUT2D eigenvalue weighted by molar-refractivity contribution is -0.134. The summed E-state index contributed by atoms with van der Waals surface area (Å²) in [5.41, 5.74) is 0.382. The van der Waals surface area contributed by atoms with Crippen molar-refractivity contribution in [2.24, 2.45) is 0 Å². The van der Waals surface area contributed by atoms with Crippen molar-refractivity contribution in [3.63, 3.8) is 0 Å². The van der Waals surface area contributed by atoms with Gasteiger partial charge in [-0.25, -0.2) is 22.0 Å². The smallest absolute Gasteiger partial charge is 0.269 e. The third-order valence-corrected chi connectivity index (χ3v) is 4.75. The number of halogens is 5. The molecule has 0 fully saturated rings. The minimum Gasteiger partial charge on any atom is -0.352 e. The Bertz CT molecular complexity index is 1040. The molecule has 0 saturated carbocycles. The molecule has 29 heavy (non-hydrogen) atoms. The predicted octanol–water partition coefficient (Wildman–Crippen LogP) is 5.30. The Hall–Kier alpha value is -2.90. The van der Waals surface area contributed by atoms with Crippen LogP contribution in [-0.4, -0.2) is 34.8 Å². The number of benzene rings is 2. The fourth-order valence-electron chi connectivity index (χ4n) is 3.36. The second kappa shape index (κ2) is 7.85. The average Bonchev–Trinajstić information content (AvgIpc) is 2.98. The van der Waals surface area contributed by atoms with Crippen LogP contribution in [0.5, 0.6) is 0 Å². The summed E-state index contributed by atoms with van der Waals surface area (Å²) in [7, 11) is 0. The summed E-state index contributed by atoms with van der Waals surface area (Å²) in [5.74, 6) is -6.19. The van der Waals surface area contributed by atoms with Crippen LogP contribution in [0.25, 0.3) is 22.2 Å². The first-order valence-corrected chi connectivity index (χ1v) is 9.00. The first-order chi connectivity index (χ1) is 13.6. The molecular formula is C21H19F5N2O. The maximum absolute atomic E-state index is 14.8. The zero-order valence-corrected chi connectivity index (χ0v) is 15.8. The van der Waals surface area contributed by atoms with Crippen LogP contribution in [0.3, 0.4) is 0 Å². The molecule has 0 atom stereocenters. The van der Waals surface area contributed by atoms with Gasteiger partial charge >= 0.3 is 0 Å². The van der Waals surface area contributed by atoms with Crippen LogP contribution < -0.4 is 0 Å². The lowest BCUT2D eigenvalue weighted by Gasteiger charge is -2.25. The maximum Gasteiger partial charge on any atom is 0.269 e. The molecule has 1 amide bonds. The van der Waals surface area contributed by atoms with Gasteiger partial charge in [0.25, 0.3) is 5.92 Å². The molecule has 0 aliphatic rings. The summed E-state index contributed by atoms with van der Waals surface area (Å²) in [6.45, 7) is 2.05. The van der Waals surface area contributed by atoms with Gasteiger partial charge in [0, 0.05) is 37.0 Å². The van der Waals surface area contributed by atoms with Crippen LogP contribution in [-0.2, 0) is 11.2 Å². The fraction of sp³-hybridized carbons (Fsp3) is 0.286. The highest BCUT2D eigenvalue weighted by atomic mass is 19.3. The Balaban J connectivity index is 2.12. The number of H-pyrrole nitrogens is 1. The summed E-state index contributed by atoms with van der Waals surface area (Å²) < 4.78 is 71.0. The van der Waals surface area contributed by atoms with Crippen LogP contribution in [0.4, 0.5) is 22.0 Å². The summed E-state index contributed by atoms with van der Waals surface area (Å²) in [6, 6.07) is 6.66. The zero-order chi connectivity index (χ0) is 21.3. The largest absolute Gasteiger partial charge is 0.352 e. The Morgan fingerprint density at radius 2 is 1.72 bits per heavy atom. The third-order valence-electron chi connectivity index (χ3n) is 4.75. The van der Waals surface area contributed by atoms with E-state index in [1.54, 1.807) is 6.92 Å². The molecule has 3 rings (SSSR count). The molecule has 2 aromatic carbocycles. The van der Waals surface area contributed by atoms with Crippen LogP contribution >= 0.6 is 0 Å². The number of aromatic nitrogens is 1. The summed E-state index contributed by atoms with van der Waals surface area (Å²) in [4.78, 5) is 15.3. The number of amides is 1. The minimum absolute atomic E-state index is 0.00499. The van der Waals surface area contributed by atoms with Crippen molar-refractivity contribution < 1.29 is 26.7 Å². The number of alkyl halides is 2. The van der Waals surface area contributed by atoms with Crippen molar-refractivity contribution in [2.75, 3.05) is 13.1 Å². The molecule has 3 aromatic rings. The molecule has 1 heterocycles. The van der Waals surface area contributed by atoms with Gasteiger partial charge in [0.05, 0.1) is 12.1 Å². The van der Waals surface area contributed by atoms with Crippen molar-refractivity contribution >= 4 is 16.8 Å². The van der Waals surface area contributed by atoms with Crippen LogP contribution in [0.2, 0.25) is 0 Å². The van der Waals surface area contributed by atoms with E-state index in [2.05, 4.69) is 4.98 Å². The normalized spacial score (nSPS) is 11.8. The van der Waals surface area contributed by atoms with E-state index in [4.69, 9.17) is 0 Å². The second-order valence-electron chi connectivity index (χ2n) is 6.86. The number of carbonyl (C=O) groups is 1. The van der Waals surface area contributed by atoms with Gasteiger partial charge in [0.2, 0.25) is 5.91 Å². The Kier molecular flexibility index (Phi) is 5.64. The van der Waals surface area contributed by atoms with E-state index < -0.39 is 42.2 Å². The number of fused-ring (bicyclic) bond motifs is 1. The molecule has 0 aliphatic carbocycles. The number of aromatic amines is 1. The monoisotopic (exact) mass is 410 g/mol. The molecule has 3 nitrogen and oxygen atoms in total. The van der Waals surface area contributed by atoms with E-state index in [0.29, 0.717) is 11.6 Å². The first-order valence-electron chi connectivity index (χ1n) is 9.00. The summed E-state index contributed by atoms with van der Waals surface area (Å²) in [5, 5.41) is -0.0210. The standard InChI is InChI=1S/C21H19F5N2O/c1-3-28(12(2)29)11-21(25,26)10-17-16-8-15(23)9-18(24)20(16)27-19(17)13-4-6-14(22)7-5-13/h4-9,27H,3,10-11H2,1-2H3. The van der Waals surface area contributed by atoms with E-state index in [9.17, 15) is 26.7 Å². The molecule has 0 saturated heterocycles. The number of nitrogens with zero attached hydrogens (tertiary/aromatic N) is 1. The average molecular weight is 410 g/mol. The maximum atomic E-state index is 14.8. The van der Waals surface area contributed by atoms with Gasteiger partial charge in [-0.2, -0.15) is 0 Å². The Morgan fingerprint density at radius 3 is 2.31 bits per heavy atom. The lowest BCUT2D eigenvalue weighted by Crippen LogP contribution is -2.40. The van der Waals surface area contributed by atoms with Crippen molar-refractivity contribution in [2.45, 2.75) is 26.2 Å². The molecule has 0 bridgehead atoms. The third kappa shape index (κ3) is 4.41. The molecule has 0 radical (unpaired) electrons. The van der Waals surface area contributed by atoms with E-state index in [1.165, 1.54) is 19.1 Å². The van der Waals surface area contributed by atoms with E-state index in [-0.39, 0.29) is 28.7 Å². The quantitative estimate of drug-likeness (QED) is 0.550. The number of nitrogens with one attached hydrogen (secondary N) is 1. The Morgan fingerprint density at radius 1 is 1.07 bits per heavy atom. The van der Waals surface area contributed by atoms with Gasteiger partial charge in [0.1, 0.15) is 17.5 Å². The zero-order valence-electron chi connectivity index (χ0n) is 15.8. The number of hydrogen-bond donors (Lipinski definition) is 1. The number of rotatable bonds is 6. The number of hydrogen-bond acceptors (Lipinski definition) is 1. The molecule has 8 heteroatoms. The molecule has 154 valence electrons. The molecular weight excluding hydrogens is 391 g/mol. The van der Waals surface area contributed by atoms with Gasteiger partial charge in [-0.1, -0.05) is 0 Å². The summed E-state index contributed by atoms with van der Waals surface area (Å²) in [6.07, 6.45) is -0.855.